The number of rotatable bonds is 3. The van der Waals surface area contributed by atoms with Crippen LogP contribution in [0.3, 0.4) is 0 Å². The second kappa shape index (κ2) is 7.03. The predicted octanol–water partition coefficient (Wildman–Crippen LogP) is 4.07. The summed E-state index contributed by atoms with van der Waals surface area (Å²) in [6, 6.07) is 1.69. The molecule has 5 nitrogen and oxygen atoms in total. The van der Waals surface area contributed by atoms with Gasteiger partial charge >= 0.3 is 5.97 Å². The van der Waals surface area contributed by atoms with Crippen LogP contribution >= 0.6 is 27.3 Å². The van der Waals surface area contributed by atoms with Crippen LogP contribution in [0.15, 0.2) is 22.9 Å². The van der Waals surface area contributed by atoms with Crippen molar-refractivity contribution in [3.8, 4) is 0 Å². The number of fused-ring (bicyclic) bond motifs is 1. The molecule has 2 aromatic heterocycles. The van der Waals surface area contributed by atoms with Gasteiger partial charge in [0, 0.05) is 21.7 Å². The van der Waals surface area contributed by atoms with Crippen LogP contribution in [-0.2, 0) is 17.6 Å². The molecular formula is C17H17BrN2O3S. The molecule has 1 aliphatic carbocycles. The molecule has 0 spiro atoms. The van der Waals surface area contributed by atoms with Crippen molar-refractivity contribution in [3.05, 3.63) is 44.5 Å². The number of halogens is 1. The Labute approximate surface area is 152 Å². The number of hydrogen-bond donors (Lipinski definition) is 1. The van der Waals surface area contributed by atoms with Gasteiger partial charge in [-0.05, 0) is 52.7 Å². The van der Waals surface area contributed by atoms with Gasteiger partial charge in [0.15, 0.2) is 0 Å². The van der Waals surface area contributed by atoms with E-state index in [9.17, 15) is 9.59 Å². The zero-order chi connectivity index (χ0) is 17.3. The van der Waals surface area contributed by atoms with Crippen molar-refractivity contribution in [1.29, 1.82) is 0 Å². The zero-order valence-corrected chi connectivity index (χ0v) is 15.8. The van der Waals surface area contributed by atoms with Crippen LogP contribution in [0, 0.1) is 5.92 Å². The smallest absolute Gasteiger partial charge is 0.341 e. The molecule has 0 aromatic carbocycles. The summed E-state index contributed by atoms with van der Waals surface area (Å²) in [7, 11) is 1.36. The summed E-state index contributed by atoms with van der Waals surface area (Å²) in [5, 5.41) is 3.42. The number of aromatic nitrogens is 1. The molecule has 0 unspecified atom stereocenters. The topological polar surface area (TPSA) is 68.3 Å². The summed E-state index contributed by atoms with van der Waals surface area (Å²) >= 11 is 4.78. The molecule has 7 heteroatoms. The van der Waals surface area contributed by atoms with Crippen molar-refractivity contribution in [3.63, 3.8) is 0 Å². The molecule has 24 heavy (non-hydrogen) atoms. The number of ether oxygens (including phenoxy) is 1. The SMILES string of the molecule is COC(=O)c1c(NC(=O)c2cncc(Br)c2)sc2c1CC[C@H](C)C2. The Kier molecular flexibility index (Phi) is 5.01. The fraction of sp³-hybridized carbons (Fsp3) is 0.353. The number of amides is 1. The molecule has 126 valence electrons. The van der Waals surface area contributed by atoms with Crippen LogP contribution in [0.1, 0.15) is 44.5 Å². The Morgan fingerprint density at radius 1 is 1.42 bits per heavy atom. The minimum Gasteiger partial charge on any atom is -0.465 e. The highest BCUT2D eigenvalue weighted by atomic mass is 79.9. The van der Waals surface area contributed by atoms with Gasteiger partial charge in [0.25, 0.3) is 5.91 Å². The molecule has 0 fully saturated rings. The maximum absolute atomic E-state index is 12.5. The van der Waals surface area contributed by atoms with Crippen molar-refractivity contribution in [2.75, 3.05) is 12.4 Å². The van der Waals surface area contributed by atoms with E-state index in [4.69, 9.17) is 4.74 Å². The summed E-state index contributed by atoms with van der Waals surface area (Å²) in [4.78, 5) is 29.9. The van der Waals surface area contributed by atoms with Gasteiger partial charge < -0.3 is 10.1 Å². The number of pyridine rings is 1. The predicted molar refractivity (Wildman–Crippen MR) is 96.7 cm³/mol. The van der Waals surface area contributed by atoms with Crippen molar-refractivity contribution in [2.45, 2.75) is 26.2 Å². The Bertz CT molecular complexity index is 803. The molecule has 0 radical (unpaired) electrons. The lowest BCUT2D eigenvalue weighted by Gasteiger charge is -2.18. The van der Waals surface area contributed by atoms with Crippen LogP contribution in [0.2, 0.25) is 0 Å². The molecule has 0 aliphatic heterocycles. The van der Waals surface area contributed by atoms with Gasteiger partial charge in [0.1, 0.15) is 5.00 Å². The monoisotopic (exact) mass is 408 g/mol. The Morgan fingerprint density at radius 3 is 2.92 bits per heavy atom. The highest BCUT2D eigenvalue weighted by molar-refractivity contribution is 9.10. The van der Waals surface area contributed by atoms with E-state index in [1.54, 1.807) is 12.3 Å². The van der Waals surface area contributed by atoms with E-state index < -0.39 is 5.97 Å². The van der Waals surface area contributed by atoms with Crippen molar-refractivity contribution in [2.24, 2.45) is 5.92 Å². The first-order valence-corrected chi connectivity index (χ1v) is 9.25. The van der Waals surface area contributed by atoms with Gasteiger partial charge in [-0.2, -0.15) is 0 Å². The first-order chi connectivity index (χ1) is 11.5. The number of carbonyl (C=O) groups excluding carboxylic acids is 2. The van der Waals surface area contributed by atoms with Crippen molar-refractivity contribution < 1.29 is 14.3 Å². The minimum atomic E-state index is -0.398. The normalized spacial score (nSPS) is 16.4. The third-order valence-electron chi connectivity index (χ3n) is 4.10. The molecule has 1 amide bonds. The largest absolute Gasteiger partial charge is 0.465 e. The quantitative estimate of drug-likeness (QED) is 0.777. The third-order valence-corrected chi connectivity index (χ3v) is 5.70. The summed E-state index contributed by atoms with van der Waals surface area (Å²) in [6.45, 7) is 2.20. The minimum absolute atomic E-state index is 0.291. The average molecular weight is 409 g/mol. The number of methoxy groups -OCH3 is 1. The summed E-state index contributed by atoms with van der Waals surface area (Å²) in [5.41, 5.74) is 1.95. The lowest BCUT2D eigenvalue weighted by Crippen LogP contribution is -2.16. The molecule has 2 aromatic rings. The average Bonchev–Trinajstić information content (AvgIpc) is 2.90. The van der Waals surface area contributed by atoms with E-state index in [0.29, 0.717) is 22.0 Å². The number of carbonyl (C=O) groups is 2. The first-order valence-electron chi connectivity index (χ1n) is 7.64. The van der Waals surface area contributed by atoms with Crippen LogP contribution in [0.5, 0.6) is 0 Å². The Morgan fingerprint density at radius 2 is 2.21 bits per heavy atom. The Balaban J connectivity index is 1.95. The first kappa shape index (κ1) is 17.1. The second-order valence-electron chi connectivity index (χ2n) is 5.89. The number of thiophene rings is 1. The standard InChI is InChI=1S/C17H17BrN2O3S/c1-9-3-4-12-13(5-9)24-16(14(12)17(22)23-2)20-15(21)10-6-11(18)8-19-7-10/h6-9H,3-5H2,1-2H3,(H,20,21)/t9-/m0/s1. The maximum atomic E-state index is 12.5. The molecule has 1 aliphatic rings. The number of anilines is 1. The molecule has 2 heterocycles. The van der Waals surface area contributed by atoms with Gasteiger partial charge in [0.2, 0.25) is 0 Å². The lowest BCUT2D eigenvalue weighted by molar-refractivity contribution is 0.0601. The van der Waals surface area contributed by atoms with E-state index in [0.717, 1.165) is 34.2 Å². The molecular weight excluding hydrogens is 392 g/mol. The van der Waals surface area contributed by atoms with Gasteiger partial charge in [-0.15, -0.1) is 11.3 Å². The number of hydrogen-bond acceptors (Lipinski definition) is 5. The third kappa shape index (κ3) is 3.37. The summed E-state index contributed by atoms with van der Waals surface area (Å²) in [6.07, 6.45) is 5.91. The van der Waals surface area contributed by atoms with E-state index in [2.05, 4.69) is 33.2 Å². The molecule has 0 bridgehead atoms. The highest BCUT2D eigenvalue weighted by Crippen LogP contribution is 2.40. The Hall–Kier alpha value is -1.73. The van der Waals surface area contributed by atoms with Gasteiger partial charge in [0.05, 0.1) is 18.2 Å². The van der Waals surface area contributed by atoms with Gasteiger partial charge in [-0.1, -0.05) is 6.92 Å². The van der Waals surface area contributed by atoms with E-state index in [1.807, 2.05) is 0 Å². The molecule has 0 saturated carbocycles. The molecule has 1 N–H and O–H groups in total. The molecule has 1 atom stereocenters. The number of esters is 1. The van der Waals surface area contributed by atoms with E-state index in [-0.39, 0.29) is 5.91 Å². The van der Waals surface area contributed by atoms with Crippen molar-refractivity contribution in [1.82, 2.24) is 4.98 Å². The fourth-order valence-corrected chi connectivity index (χ4v) is 4.63. The van der Waals surface area contributed by atoms with Crippen LogP contribution < -0.4 is 5.32 Å². The molecule has 3 rings (SSSR count). The van der Waals surface area contributed by atoms with Crippen LogP contribution in [-0.4, -0.2) is 24.0 Å². The van der Waals surface area contributed by atoms with Gasteiger partial charge in [-0.3, -0.25) is 9.78 Å². The number of nitrogens with zero attached hydrogens (tertiary/aromatic N) is 1. The van der Waals surface area contributed by atoms with E-state index >= 15 is 0 Å². The lowest BCUT2D eigenvalue weighted by atomic mass is 9.88. The van der Waals surface area contributed by atoms with Crippen LogP contribution in [0.4, 0.5) is 5.00 Å². The summed E-state index contributed by atoms with van der Waals surface area (Å²) < 4.78 is 5.66. The second-order valence-corrected chi connectivity index (χ2v) is 7.91. The van der Waals surface area contributed by atoms with Crippen LogP contribution in [0.25, 0.3) is 0 Å². The zero-order valence-electron chi connectivity index (χ0n) is 13.4. The van der Waals surface area contributed by atoms with E-state index in [1.165, 1.54) is 24.6 Å². The number of nitrogens with one attached hydrogen (secondary N) is 1. The molecule has 0 saturated heterocycles. The van der Waals surface area contributed by atoms with Crippen molar-refractivity contribution >= 4 is 44.1 Å². The van der Waals surface area contributed by atoms with Gasteiger partial charge in [-0.25, -0.2) is 4.79 Å². The highest BCUT2D eigenvalue weighted by Gasteiger charge is 2.29. The maximum Gasteiger partial charge on any atom is 0.341 e. The summed E-state index contributed by atoms with van der Waals surface area (Å²) in [5.74, 6) is -0.107. The fourth-order valence-electron chi connectivity index (χ4n) is 2.87.